The summed E-state index contributed by atoms with van der Waals surface area (Å²) in [6, 6.07) is 26.0. The number of anilines is 1. The molecule has 4 aromatic carbocycles. The molecule has 0 aliphatic heterocycles. The van der Waals surface area contributed by atoms with Crippen LogP contribution < -0.4 is 23.8 Å². The molecule has 4 rings (SSSR count). The molecule has 0 spiro atoms. The van der Waals surface area contributed by atoms with Crippen molar-refractivity contribution in [3.8, 4) is 17.2 Å². The zero-order chi connectivity index (χ0) is 34.7. The minimum atomic E-state index is -4.38. The van der Waals surface area contributed by atoms with Gasteiger partial charge in [0.2, 0.25) is 11.8 Å². The van der Waals surface area contributed by atoms with E-state index in [1.165, 1.54) is 37.3 Å². The summed E-state index contributed by atoms with van der Waals surface area (Å²) in [5.41, 5.74) is 1.65. The zero-order valence-electron chi connectivity index (χ0n) is 27.4. The number of amides is 2. The largest absolute Gasteiger partial charge is 0.494 e. The highest BCUT2D eigenvalue weighted by molar-refractivity contribution is 7.92. The quantitative estimate of drug-likeness (QED) is 0.160. The van der Waals surface area contributed by atoms with Crippen LogP contribution in [-0.2, 0) is 32.6 Å². The Morgan fingerprint density at radius 2 is 1.52 bits per heavy atom. The van der Waals surface area contributed by atoms with Gasteiger partial charge in [-0.25, -0.2) is 8.42 Å². The van der Waals surface area contributed by atoms with Crippen LogP contribution in [0.5, 0.6) is 17.2 Å². The molecule has 0 heterocycles. The van der Waals surface area contributed by atoms with Gasteiger partial charge < -0.3 is 24.4 Å². The first kappa shape index (κ1) is 36.1. The summed E-state index contributed by atoms with van der Waals surface area (Å²) in [6.07, 6.45) is 0.189. The van der Waals surface area contributed by atoms with Gasteiger partial charge in [-0.3, -0.25) is 13.9 Å². The smallest absolute Gasteiger partial charge is 0.264 e. The Hall–Kier alpha value is -4.74. The molecule has 0 saturated heterocycles. The molecule has 0 aliphatic carbocycles. The number of nitrogens with one attached hydrogen (secondary N) is 1. The van der Waals surface area contributed by atoms with Crippen molar-refractivity contribution in [2.24, 2.45) is 0 Å². The second-order valence-electron chi connectivity index (χ2n) is 10.7. The zero-order valence-corrected chi connectivity index (χ0v) is 29.0. The fourth-order valence-corrected chi connectivity index (χ4v) is 6.79. The van der Waals surface area contributed by atoms with Gasteiger partial charge in [0.15, 0.2) is 11.5 Å². The summed E-state index contributed by atoms with van der Waals surface area (Å²) in [5, 5.41) is 3.26. The summed E-state index contributed by atoms with van der Waals surface area (Å²) >= 11 is 6.55. The average molecular weight is 694 g/mol. The third kappa shape index (κ3) is 8.78. The van der Waals surface area contributed by atoms with Crippen LogP contribution in [0.1, 0.15) is 25.0 Å². The second kappa shape index (κ2) is 16.9. The van der Waals surface area contributed by atoms with Crippen molar-refractivity contribution in [2.75, 3.05) is 38.2 Å². The molecule has 1 N–H and O–H groups in total. The van der Waals surface area contributed by atoms with Crippen molar-refractivity contribution in [1.82, 2.24) is 10.2 Å². The van der Waals surface area contributed by atoms with Gasteiger partial charge in [0.1, 0.15) is 18.3 Å². The van der Waals surface area contributed by atoms with Gasteiger partial charge in [0.05, 0.1) is 31.4 Å². The maximum atomic E-state index is 14.6. The number of nitrogens with zero attached hydrogens (tertiary/aromatic N) is 2. The fourth-order valence-electron chi connectivity index (χ4n) is 5.16. The molecule has 0 aromatic heterocycles. The predicted molar refractivity (Wildman–Crippen MR) is 186 cm³/mol. The Bertz CT molecular complexity index is 1790. The molecule has 0 aliphatic rings. The van der Waals surface area contributed by atoms with Crippen LogP contribution in [0.25, 0.3) is 0 Å². The van der Waals surface area contributed by atoms with E-state index < -0.39 is 28.5 Å². The number of sulfonamides is 1. The van der Waals surface area contributed by atoms with Crippen LogP contribution in [0.15, 0.2) is 102 Å². The molecule has 0 radical (unpaired) electrons. The Morgan fingerprint density at radius 1 is 0.854 bits per heavy atom. The van der Waals surface area contributed by atoms with E-state index in [1.54, 1.807) is 55.5 Å². The number of methoxy groups -OCH3 is 2. The molecule has 0 saturated carbocycles. The minimum Gasteiger partial charge on any atom is -0.494 e. The fraction of sp³-hybridized carbons (Fsp3) is 0.278. The van der Waals surface area contributed by atoms with E-state index in [9.17, 15) is 18.0 Å². The van der Waals surface area contributed by atoms with Gasteiger partial charge in [-0.1, -0.05) is 60.1 Å². The summed E-state index contributed by atoms with van der Waals surface area (Å²) in [5.74, 6) is 0.0977. The van der Waals surface area contributed by atoms with Crippen LogP contribution >= 0.6 is 11.6 Å². The van der Waals surface area contributed by atoms with Crippen LogP contribution in [0.3, 0.4) is 0 Å². The lowest BCUT2D eigenvalue weighted by Crippen LogP contribution is -2.53. The minimum absolute atomic E-state index is 0.0410. The Labute approximate surface area is 287 Å². The second-order valence-corrected chi connectivity index (χ2v) is 12.9. The first-order valence-corrected chi connectivity index (χ1v) is 17.3. The summed E-state index contributed by atoms with van der Waals surface area (Å²) in [6.45, 7) is 3.73. The predicted octanol–water partition coefficient (Wildman–Crippen LogP) is 5.73. The van der Waals surface area contributed by atoms with Gasteiger partial charge in [0, 0.05) is 30.6 Å². The lowest BCUT2D eigenvalue weighted by atomic mass is 10.0. The number of rotatable bonds is 16. The van der Waals surface area contributed by atoms with Crippen molar-refractivity contribution in [3.05, 3.63) is 113 Å². The molecule has 12 heteroatoms. The van der Waals surface area contributed by atoms with Gasteiger partial charge >= 0.3 is 0 Å². The Morgan fingerprint density at radius 3 is 2.15 bits per heavy atom. The van der Waals surface area contributed by atoms with Crippen molar-refractivity contribution in [1.29, 1.82) is 0 Å². The maximum absolute atomic E-state index is 14.6. The summed E-state index contributed by atoms with van der Waals surface area (Å²) in [7, 11) is -1.52. The summed E-state index contributed by atoms with van der Waals surface area (Å²) < 4.78 is 46.1. The molecule has 10 nitrogen and oxygen atoms in total. The molecule has 0 bridgehead atoms. The van der Waals surface area contributed by atoms with Gasteiger partial charge in [0.25, 0.3) is 10.0 Å². The molecular weight excluding hydrogens is 654 g/mol. The lowest BCUT2D eigenvalue weighted by molar-refractivity contribution is -0.140. The number of benzene rings is 4. The molecule has 2 amide bonds. The number of carbonyl (C=O) groups is 2. The Kier molecular flexibility index (Phi) is 12.7. The number of carbonyl (C=O) groups excluding carboxylic acids is 2. The summed E-state index contributed by atoms with van der Waals surface area (Å²) in [4.78, 5) is 29.5. The van der Waals surface area contributed by atoms with E-state index in [2.05, 4.69) is 5.32 Å². The van der Waals surface area contributed by atoms with E-state index in [-0.39, 0.29) is 35.2 Å². The van der Waals surface area contributed by atoms with E-state index in [0.29, 0.717) is 35.2 Å². The molecule has 0 fully saturated rings. The number of hydrogen-bond acceptors (Lipinski definition) is 7. The first-order chi connectivity index (χ1) is 23.1. The van der Waals surface area contributed by atoms with Gasteiger partial charge in [-0.2, -0.15) is 0 Å². The molecule has 1 atom stereocenters. The van der Waals surface area contributed by atoms with Crippen molar-refractivity contribution in [3.63, 3.8) is 0 Å². The topological polar surface area (TPSA) is 114 Å². The molecule has 1 unspecified atom stereocenters. The van der Waals surface area contributed by atoms with E-state index in [0.717, 1.165) is 9.87 Å². The monoisotopic (exact) mass is 693 g/mol. The lowest BCUT2D eigenvalue weighted by Gasteiger charge is -2.34. The van der Waals surface area contributed by atoms with Crippen molar-refractivity contribution >= 4 is 39.1 Å². The molecule has 4 aromatic rings. The average Bonchev–Trinajstić information content (AvgIpc) is 3.10. The van der Waals surface area contributed by atoms with Crippen molar-refractivity contribution < 1.29 is 32.2 Å². The highest BCUT2D eigenvalue weighted by Crippen LogP contribution is 2.33. The molecular formula is C36H40ClN3O7S. The van der Waals surface area contributed by atoms with E-state index in [1.807, 2.05) is 37.3 Å². The highest BCUT2D eigenvalue weighted by atomic mass is 35.5. The number of hydrogen-bond donors (Lipinski definition) is 1. The van der Waals surface area contributed by atoms with Crippen LogP contribution in [-0.4, -0.2) is 65.1 Å². The Balaban J connectivity index is 1.83. The van der Waals surface area contributed by atoms with Gasteiger partial charge in [-0.05, 0) is 67.4 Å². The normalized spacial score (nSPS) is 11.7. The van der Waals surface area contributed by atoms with E-state index in [4.69, 9.17) is 25.8 Å². The third-order valence-corrected chi connectivity index (χ3v) is 9.72. The van der Waals surface area contributed by atoms with Crippen LogP contribution in [0, 0.1) is 0 Å². The SMILES string of the molecule is CCNC(=O)C(Cc1ccccc1)N(Cc1ccccc1Cl)C(=O)CN(c1ccc(OCC)cc1)S(=O)(=O)c1ccc(OC)c(OC)c1. The highest BCUT2D eigenvalue weighted by Gasteiger charge is 2.35. The van der Waals surface area contributed by atoms with Crippen molar-refractivity contribution in [2.45, 2.75) is 37.8 Å². The number of ether oxygens (including phenoxy) is 3. The third-order valence-electron chi connectivity index (χ3n) is 7.58. The van der Waals surface area contributed by atoms with Crippen LogP contribution in [0.4, 0.5) is 5.69 Å². The van der Waals surface area contributed by atoms with E-state index >= 15 is 0 Å². The first-order valence-electron chi connectivity index (χ1n) is 15.4. The van der Waals surface area contributed by atoms with Gasteiger partial charge in [-0.15, -0.1) is 0 Å². The standard InChI is InChI=1S/C36H40ClN3O7S/c1-5-38-36(42)32(22-26-12-8-7-9-13-26)39(24-27-14-10-11-15-31(27)37)35(41)25-40(28-16-18-29(19-17-28)47-6-2)48(43,44)30-20-21-33(45-3)34(23-30)46-4/h7-21,23,32H,5-6,22,24-25H2,1-4H3,(H,38,42). The molecule has 48 heavy (non-hydrogen) atoms. The number of halogens is 1. The number of likely N-dealkylation sites (N-methyl/N-ethyl adjacent to an activating group) is 1. The maximum Gasteiger partial charge on any atom is 0.264 e. The molecule has 254 valence electrons. The van der Waals surface area contributed by atoms with Crippen LogP contribution in [0.2, 0.25) is 5.02 Å².